The van der Waals surface area contributed by atoms with Gasteiger partial charge in [0.15, 0.2) is 0 Å². The number of carbonyl (C=O) groups excluding carboxylic acids is 2. The van der Waals surface area contributed by atoms with Gasteiger partial charge in [-0.3, -0.25) is 4.79 Å². The van der Waals surface area contributed by atoms with E-state index in [1.807, 2.05) is 19.1 Å². The zero-order valence-electron chi connectivity index (χ0n) is 17.0. The summed E-state index contributed by atoms with van der Waals surface area (Å²) >= 11 is 0. The number of nitrogens with one attached hydrogen (secondary N) is 1. The number of aryl methyl sites for hydroxylation is 1. The molecule has 0 aliphatic rings. The summed E-state index contributed by atoms with van der Waals surface area (Å²) in [6.45, 7) is 1.91. The van der Waals surface area contributed by atoms with Crippen molar-refractivity contribution in [1.82, 2.24) is 0 Å². The summed E-state index contributed by atoms with van der Waals surface area (Å²) in [6.07, 6.45) is -1.13. The number of hydrogen-bond acceptors (Lipinski definition) is 5. The number of carbonyl (C=O) groups is 2. The first kappa shape index (κ1) is 20.9. The Balaban J connectivity index is 1.86. The van der Waals surface area contributed by atoms with Crippen molar-refractivity contribution in [2.45, 2.75) is 13.0 Å². The fourth-order valence-electron chi connectivity index (χ4n) is 2.92. The number of anilines is 1. The molecular weight excluding hydrogens is 382 g/mol. The molecule has 0 saturated heterocycles. The van der Waals surface area contributed by atoms with Crippen LogP contribution in [0.15, 0.2) is 72.8 Å². The van der Waals surface area contributed by atoms with Crippen LogP contribution in [0.25, 0.3) is 0 Å². The van der Waals surface area contributed by atoms with Crippen LogP contribution in [0.2, 0.25) is 0 Å². The minimum absolute atomic E-state index is 0.317. The molecule has 0 spiro atoms. The summed E-state index contributed by atoms with van der Waals surface area (Å²) < 4.78 is 16.0. The van der Waals surface area contributed by atoms with Gasteiger partial charge in [0.2, 0.25) is 6.10 Å². The highest BCUT2D eigenvalue weighted by atomic mass is 16.5. The second-order valence-electron chi connectivity index (χ2n) is 6.62. The number of ether oxygens (including phenoxy) is 3. The van der Waals surface area contributed by atoms with Crippen LogP contribution in [0, 0.1) is 6.92 Å². The standard InChI is InChI=1S/C24H23NO5/c1-16-9-14-21(29-3)20(15-16)25-23(26)22(17-7-5-4-6-8-17)30-24(27)18-10-12-19(28-2)13-11-18/h4-15,22H,1-3H3,(H,25,26)/t22-/m1/s1. The Morgan fingerprint density at radius 2 is 1.57 bits per heavy atom. The Morgan fingerprint density at radius 1 is 0.867 bits per heavy atom. The van der Waals surface area contributed by atoms with E-state index in [9.17, 15) is 9.59 Å². The minimum atomic E-state index is -1.13. The maximum absolute atomic E-state index is 13.1. The molecule has 1 N–H and O–H groups in total. The van der Waals surface area contributed by atoms with Crippen molar-refractivity contribution in [3.05, 3.63) is 89.5 Å². The van der Waals surface area contributed by atoms with Gasteiger partial charge in [0, 0.05) is 5.56 Å². The second-order valence-corrected chi connectivity index (χ2v) is 6.62. The topological polar surface area (TPSA) is 73.9 Å². The maximum Gasteiger partial charge on any atom is 0.339 e. The third kappa shape index (κ3) is 4.97. The number of methoxy groups -OCH3 is 2. The van der Waals surface area contributed by atoms with Gasteiger partial charge in [0.05, 0.1) is 25.5 Å². The van der Waals surface area contributed by atoms with E-state index < -0.39 is 18.0 Å². The Hall–Kier alpha value is -3.80. The number of benzene rings is 3. The van der Waals surface area contributed by atoms with Gasteiger partial charge in [-0.1, -0.05) is 36.4 Å². The molecule has 0 radical (unpaired) electrons. The molecule has 0 saturated carbocycles. The molecule has 30 heavy (non-hydrogen) atoms. The molecule has 1 amide bonds. The smallest absolute Gasteiger partial charge is 0.339 e. The van der Waals surface area contributed by atoms with Crippen LogP contribution in [0.3, 0.4) is 0 Å². The Bertz CT molecular complexity index is 1020. The first-order chi connectivity index (χ1) is 14.5. The molecule has 0 aromatic heterocycles. The van der Waals surface area contributed by atoms with Gasteiger partial charge in [-0.15, -0.1) is 0 Å². The molecule has 6 nitrogen and oxygen atoms in total. The zero-order chi connectivity index (χ0) is 21.5. The Morgan fingerprint density at radius 3 is 2.20 bits per heavy atom. The number of rotatable bonds is 7. The van der Waals surface area contributed by atoms with E-state index in [0.717, 1.165) is 5.56 Å². The lowest BCUT2D eigenvalue weighted by atomic mass is 10.1. The van der Waals surface area contributed by atoms with Crippen LogP contribution in [-0.4, -0.2) is 26.1 Å². The van der Waals surface area contributed by atoms with Crippen molar-refractivity contribution in [3.8, 4) is 11.5 Å². The lowest BCUT2D eigenvalue weighted by molar-refractivity contribution is -0.125. The molecule has 1 atom stereocenters. The van der Waals surface area contributed by atoms with E-state index in [1.54, 1.807) is 67.8 Å². The average molecular weight is 405 g/mol. The van der Waals surface area contributed by atoms with Crippen molar-refractivity contribution < 1.29 is 23.8 Å². The van der Waals surface area contributed by atoms with Crippen LogP contribution in [0.5, 0.6) is 11.5 Å². The minimum Gasteiger partial charge on any atom is -0.497 e. The van der Waals surface area contributed by atoms with Crippen molar-refractivity contribution in [2.24, 2.45) is 0 Å². The Labute approximate surface area is 175 Å². The highest BCUT2D eigenvalue weighted by Gasteiger charge is 2.26. The normalized spacial score (nSPS) is 11.3. The number of hydrogen-bond donors (Lipinski definition) is 1. The Kier molecular flexibility index (Phi) is 6.70. The van der Waals surface area contributed by atoms with Crippen molar-refractivity contribution in [1.29, 1.82) is 0 Å². The summed E-state index contributed by atoms with van der Waals surface area (Å²) in [5.41, 5.74) is 2.34. The maximum atomic E-state index is 13.1. The largest absolute Gasteiger partial charge is 0.497 e. The number of esters is 1. The summed E-state index contributed by atoms with van der Waals surface area (Å²) in [6, 6.07) is 20.8. The monoisotopic (exact) mass is 405 g/mol. The van der Waals surface area contributed by atoms with E-state index >= 15 is 0 Å². The molecular formula is C24H23NO5. The van der Waals surface area contributed by atoms with Gasteiger partial charge in [0.25, 0.3) is 5.91 Å². The third-order valence-corrected chi connectivity index (χ3v) is 4.50. The molecule has 154 valence electrons. The van der Waals surface area contributed by atoms with Crippen LogP contribution < -0.4 is 14.8 Å². The van der Waals surface area contributed by atoms with Gasteiger partial charge < -0.3 is 19.5 Å². The lowest BCUT2D eigenvalue weighted by Crippen LogP contribution is -2.26. The van der Waals surface area contributed by atoms with Crippen molar-refractivity contribution in [2.75, 3.05) is 19.5 Å². The van der Waals surface area contributed by atoms with Crippen molar-refractivity contribution in [3.63, 3.8) is 0 Å². The second kappa shape index (κ2) is 9.60. The summed E-state index contributed by atoms with van der Waals surface area (Å²) in [7, 11) is 3.07. The van der Waals surface area contributed by atoms with Crippen LogP contribution >= 0.6 is 0 Å². The van der Waals surface area contributed by atoms with E-state index in [0.29, 0.717) is 28.3 Å². The van der Waals surface area contributed by atoms with Gasteiger partial charge in [-0.2, -0.15) is 0 Å². The molecule has 0 aliphatic carbocycles. The van der Waals surface area contributed by atoms with Crippen LogP contribution in [0.1, 0.15) is 27.6 Å². The van der Waals surface area contributed by atoms with Gasteiger partial charge in [-0.25, -0.2) is 4.79 Å². The highest BCUT2D eigenvalue weighted by Crippen LogP contribution is 2.28. The molecule has 3 aromatic carbocycles. The summed E-state index contributed by atoms with van der Waals surface area (Å²) in [4.78, 5) is 25.8. The van der Waals surface area contributed by atoms with Crippen molar-refractivity contribution >= 4 is 17.6 Å². The first-order valence-electron chi connectivity index (χ1n) is 9.37. The van der Waals surface area contributed by atoms with E-state index in [1.165, 1.54) is 7.11 Å². The van der Waals surface area contributed by atoms with E-state index in [2.05, 4.69) is 5.32 Å². The van der Waals surface area contributed by atoms with Gasteiger partial charge >= 0.3 is 5.97 Å². The van der Waals surface area contributed by atoms with E-state index in [4.69, 9.17) is 14.2 Å². The van der Waals surface area contributed by atoms with Gasteiger partial charge in [-0.05, 0) is 48.9 Å². The molecule has 0 unspecified atom stereocenters. The average Bonchev–Trinajstić information content (AvgIpc) is 2.78. The molecule has 0 heterocycles. The third-order valence-electron chi connectivity index (χ3n) is 4.50. The predicted octanol–water partition coefficient (Wildman–Crippen LogP) is 4.55. The SMILES string of the molecule is COc1ccc(C(=O)O[C@@H](C(=O)Nc2cc(C)ccc2OC)c2ccccc2)cc1. The fraction of sp³-hybridized carbons (Fsp3) is 0.167. The van der Waals surface area contributed by atoms with Gasteiger partial charge in [0.1, 0.15) is 11.5 Å². The summed E-state index contributed by atoms with van der Waals surface area (Å²) in [5, 5.41) is 2.81. The quantitative estimate of drug-likeness (QED) is 0.584. The predicted molar refractivity (Wildman–Crippen MR) is 114 cm³/mol. The van der Waals surface area contributed by atoms with Crippen LogP contribution in [0.4, 0.5) is 5.69 Å². The molecule has 0 fully saturated rings. The number of amides is 1. The molecule has 0 aliphatic heterocycles. The highest BCUT2D eigenvalue weighted by molar-refractivity contribution is 5.99. The lowest BCUT2D eigenvalue weighted by Gasteiger charge is -2.19. The molecule has 3 rings (SSSR count). The zero-order valence-corrected chi connectivity index (χ0v) is 17.0. The molecule has 0 bridgehead atoms. The van der Waals surface area contributed by atoms with E-state index in [-0.39, 0.29) is 0 Å². The van der Waals surface area contributed by atoms with Crippen LogP contribution in [-0.2, 0) is 9.53 Å². The summed E-state index contributed by atoms with van der Waals surface area (Å²) in [5.74, 6) is 0.0440. The molecule has 6 heteroatoms. The fourth-order valence-corrected chi connectivity index (χ4v) is 2.92. The molecule has 3 aromatic rings. The first-order valence-corrected chi connectivity index (χ1v) is 9.37.